The van der Waals surface area contributed by atoms with E-state index in [1.54, 1.807) is 18.0 Å². The molecule has 2 aromatic carbocycles. The molecule has 0 aliphatic rings. The molecule has 0 bridgehead atoms. The van der Waals surface area contributed by atoms with E-state index >= 15 is 0 Å². The smallest absolute Gasteiger partial charge is 0.226 e. The van der Waals surface area contributed by atoms with Crippen LogP contribution in [0, 0.1) is 13.8 Å². The van der Waals surface area contributed by atoms with E-state index in [1.165, 1.54) is 12.5 Å². The zero-order valence-corrected chi connectivity index (χ0v) is 15.3. The van der Waals surface area contributed by atoms with Gasteiger partial charge in [-0.25, -0.2) is 4.98 Å². The monoisotopic (exact) mass is 352 g/mol. The molecule has 128 valence electrons. The summed E-state index contributed by atoms with van der Waals surface area (Å²) in [5, 5.41) is 2.76. The first-order valence-electron chi connectivity index (χ1n) is 8.04. The third kappa shape index (κ3) is 4.51. The van der Waals surface area contributed by atoms with E-state index in [9.17, 15) is 4.79 Å². The molecular formula is C20H20N2O2S. The third-order valence-corrected chi connectivity index (χ3v) is 4.77. The van der Waals surface area contributed by atoms with Crippen LogP contribution < -0.4 is 5.32 Å². The van der Waals surface area contributed by atoms with Crippen molar-refractivity contribution < 1.29 is 9.21 Å². The van der Waals surface area contributed by atoms with Crippen molar-refractivity contribution in [3.05, 3.63) is 65.5 Å². The van der Waals surface area contributed by atoms with Gasteiger partial charge in [0.15, 0.2) is 0 Å². The Bertz CT molecular complexity index is 885. The summed E-state index contributed by atoms with van der Waals surface area (Å²) in [5.74, 6) is 1.32. The first-order valence-corrected chi connectivity index (χ1v) is 9.02. The minimum Gasteiger partial charge on any atom is -0.444 e. The quantitative estimate of drug-likeness (QED) is 0.641. The molecule has 0 radical (unpaired) electrons. The van der Waals surface area contributed by atoms with Crippen molar-refractivity contribution in [2.24, 2.45) is 0 Å². The molecule has 0 unspecified atom stereocenters. The van der Waals surface area contributed by atoms with Crippen molar-refractivity contribution in [1.29, 1.82) is 0 Å². The fraction of sp³-hybridized carbons (Fsp3) is 0.200. The molecule has 1 amide bonds. The van der Waals surface area contributed by atoms with Gasteiger partial charge in [-0.1, -0.05) is 17.7 Å². The second-order valence-electron chi connectivity index (χ2n) is 5.96. The fourth-order valence-corrected chi connectivity index (χ4v) is 3.32. The van der Waals surface area contributed by atoms with Crippen LogP contribution in [0.3, 0.4) is 0 Å². The van der Waals surface area contributed by atoms with E-state index in [2.05, 4.69) is 36.3 Å². The van der Waals surface area contributed by atoms with E-state index in [0.717, 1.165) is 33.2 Å². The molecule has 0 aliphatic carbocycles. The van der Waals surface area contributed by atoms with Gasteiger partial charge in [0.2, 0.25) is 11.8 Å². The predicted molar refractivity (Wildman–Crippen MR) is 102 cm³/mol. The van der Waals surface area contributed by atoms with Crippen LogP contribution >= 0.6 is 11.8 Å². The highest BCUT2D eigenvalue weighted by atomic mass is 32.2. The van der Waals surface area contributed by atoms with Crippen molar-refractivity contribution in [3.8, 4) is 11.5 Å². The number of nitrogens with one attached hydrogen (secondary N) is 1. The molecule has 0 fully saturated rings. The molecule has 1 N–H and O–H groups in total. The summed E-state index contributed by atoms with van der Waals surface area (Å²) in [7, 11) is 0. The number of nitrogens with zero attached hydrogens (tertiary/aromatic N) is 1. The lowest BCUT2D eigenvalue weighted by Crippen LogP contribution is -2.05. The van der Waals surface area contributed by atoms with Crippen LogP contribution in [0.5, 0.6) is 0 Å². The standard InChI is InChI=1S/C20H20N2O2S/c1-13-4-9-19(14(2)10-13)20-22-17(11-24-20)12-25-18-7-5-16(6-8-18)21-15(3)23/h4-11H,12H2,1-3H3,(H,21,23). The molecule has 0 saturated carbocycles. The highest BCUT2D eigenvalue weighted by molar-refractivity contribution is 7.98. The van der Waals surface area contributed by atoms with Gasteiger partial charge in [0.1, 0.15) is 6.26 Å². The van der Waals surface area contributed by atoms with Gasteiger partial charge in [-0.3, -0.25) is 4.79 Å². The van der Waals surface area contributed by atoms with Crippen LogP contribution in [0.1, 0.15) is 23.7 Å². The molecule has 0 atom stereocenters. The van der Waals surface area contributed by atoms with E-state index in [0.29, 0.717) is 5.89 Å². The highest BCUT2D eigenvalue weighted by Crippen LogP contribution is 2.27. The molecule has 3 rings (SSSR count). The number of aryl methyl sites for hydroxylation is 2. The van der Waals surface area contributed by atoms with Gasteiger partial charge in [0, 0.05) is 28.8 Å². The second-order valence-corrected chi connectivity index (χ2v) is 7.01. The number of anilines is 1. The Morgan fingerprint density at radius 1 is 1.16 bits per heavy atom. The lowest BCUT2D eigenvalue weighted by atomic mass is 10.1. The number of rotatable bonds is 5. The Morgan fingerprint density at radius 3 is 2.60 bits per heavy atom. The van der Waals surface area contributed by atoms with Crippen molar-refractivity contribution >= 4 is 23.4 Å². The zero-order valence-electron chi connectivity index (χ0n) is 14.5. The largest absolute Gasteiger partial charge is 0.444 e. The molecule has 25 heavy (non-hydrogen) atoms. The Morgan fingerprint density at radius 2 is 1.92 bits per heavy atom. The van der Waals surface area contributed by atoms with Crippen LogP contribution in [0.4, 0.5) is 5.69 Å². The Balaban J connectivity index is 1.64. The van der Waals surface area contributed by atoms with Gasteiger partial charge in [-0.2, -0.15) is 0 Å². The molecule has 4 nitrogen and oxygen atoms in total. The predicted octanol–water partition coefficient (Wildman–Crippen LogP) is 5.21. The van der Waals surface area contributed by atoms with E-state index in [4.69, 9.17) is 4.42 Å². The molecule has 0 spiro atoms. The summed E-state index contributed by atoms with van der Waals surface area (Å²) in [4.78, 5) is 16.7. The summed E-state index contributed by atoms with van der Waals surface area (Å²) in [6, 6.07) is 14.0. The maximum atomic E-state index is 11.0. The van der Waals surface area contributed by atoms with Gasteiger partial charge in [0.05, 0.1) is 5.69 Å². The first-order chi connectivity index (χ1) is 12.0. The molecule has 5 heteroatoms. The summed E-state index contributed by atoms with van der Waals surface area (Å²) in [6.45, 7) is 5.64. The van der Waals surface area contributed by atoms with Crippen LogP contribution in [0.25, 0.3) is 11.5 Å². The normalized spacial score (nSPS) is 10.7. The van der Waals surface area contributed by atoms with Gasteiger partial charge < -0.3 is 9.73 Å². The maximum Gasteiger partial charge on any atom is 0.226 e. The van der Waals surface area contributed by atoms with Gasteiger partial charge >= 0.3 is 0 Å². The van der Waals surface area contributed by atoms with Crippen molar-refractivity contribution in [1.82, 2.24) is 4.98 Å². The molecule has 3 aromatic rings. The number of carbonyl (C=O) groups excluding carboxylic acids is 1. The van der Waals surface area contributed by atoms with E-state index in [1.807, 2.05) is 30.3 Å². The fourth-order valence-electron chi connectivity index (χ4n) is 2.55. The number of hydrogen-bond acceptors (Lipinski definition) is 4. The van der Waals surface area contributed by atoms with Crippen LogP contribution in [-0.4, -0.2) is 10.9 Å². The van der Waals surface area contributed by atoms with Crippen molar-refractivity contribution in [2.45, 2.75) is 31.4 Å². The average molecular weight is 352 g/mol. The summed E-state index contributed by atoms with van der Waals surface area (Å²) >= 11 is 1.68. The maximum absolute atomic E-state index is 11.0. The lowest BCUT2D eigenvalue weighted by molar-refractivity contribution is -0.114. The number of hydrogen-bond donors (Lipinski definition) is 1. The number of oxazole rings is 1. The number of carbonyl (C=O) groups is 1. The number of benzene rings is 2. The minimum absolute atomic E-state index is 0.0677. The van der Waals surface area contributed by atoms with E-state index in [-0.39, 0.29) is 5.91 Å². The SMILES string of the molecule is CC(=O)Nc1ccc(SCc2coc(-c3ccc(C)cc3C)n2)cc1. The summed E-state index contributed by atoms with van der Waals surface area (Å²) in [6.07, 6.45) is 1.72. The van der Waals surface area contributed by atoms with Gasteiger partial charge in [-0.05, 0) is 49.7 Å². The van der Waals surface area contributed by atoms with Crippen LogP contribution in [-0.2, 0) is 10.5 Å². The number of amides is 1. The van der Waals surface area contributed by atoms with Crippen molar-refractivity contribution in [3.63, 3.8) is 0 Å². The summed E-state index contributed by atoms with van der Waals surface area (Å²) < 4.78 is 5.65. The van der Waals surface area contributed by atoms with Gasteiger partial charge in [0.25, 0.3) is 0 Å². The van der Waals surface area contributed by atoms with Crippen LogP contribution in [0.15, 0.2) is 58.0 Å². The zero-order chi connectivity index (χ0) is 17.8. The molecular weight excluding hydrogens is 332 g/mol. The van der Waals surface area contributed by atoms with Gasteiger partial charge in [-0.15, -0.1) is 11.8 Å². The Labute approximate surface area is 151 Å². The Hall–Kier alpha value is -2.53. The lowest BCUT2D eigenvalue weighted by Gasteiger charge is -2.03. The molecule has 0 aliphatic heterocycles. The molecule has 1 heterocycles. The first kappa shape index (κ1) is 17.3. The number of thioether (sulfide) groups is 1. The second kappa shape index (κ2) is 7.57. The third-order valence-electron chi connectivity index (χ3n) is 3.73. The number of aromatic nitrogens is 1. The van der Waals surface area contributed by atoms with Crippen LogP contribution in [0.2, 0.25) is 0 Å². The highest BCUT2D eigenvalue weighted by Gasteiger charge is 2.10. The van der Waals surface area contributed by atoms with E-state index < -0.39 is 0 Å². The van der Waals surface area contributed by atoms with Crippen molar-refractivity contribution in [2.75, 3.05) is 5.32 Å². The Kier molecular flexibility index (Phi) is 5.24. The summed E-state index contributed by atoms with van der Waals surface area (Å²) in [5.41, 5.74) is 5.13. The average Bonchev–Trinajstić information content (AvgIpc) is 3.02. The minimum atomic E-state index is -0.0677. The topological polar surface area (TPSA) is 55.1 Å². The molecule has 1 aromatic heterocycles. The molecule has 0 saturated heterocycles.